The van der Waals surface area contributed by atoms with Gasteiger partial charge in [0, 0.05) is 0 Å². The second-order valence-corrected chi connectivity index (χ2v) is 12.0. The Kier molecular flexibility index (Phi) is 11.0. The number of benzene rings is 2. The standard InChI is InChI=1S/C34H42.2ClH.Zr/c1-19(2)25-13-15-27(21(5)6)33-29-11-10-24-18-32-26(20(3)4)14-16-28(22(7)8)34(32)30(24)12-9-23(29)17-31(25)33;;;/h13-22H,9-12H2,1-8H3;2*1H;/q-2;;;+4/p-2. The first-order valence-electron chi connectivity index (χ1n) is 13.7. The van der Waals surface area contributed by atoms with Gasteiger partial charge in [-0.3, -0.25) is 0 Å². The maximum Gasteiger partial charge on any atom is 4.00 e. The Morgan fingerprint density at radius 1 is 0.514 bits per heavy atom. The fraction of sp³-hybridized carbons (Fsp3) is 0.471. The van der Waals surface area contributed by atoms with E-state index in [0.717, 1.165) is 25.7 Å². The molecular formula is C34H42Cl2Zr. The van der Waals surface area contributed by atoms with Gasteiger partial charge in [-0.1, -0.05) is 103 Å². The van der Waals surface area contributed by atoms with Gasteiger partial charge >= 0.3 is 26.2 Å². The Morgan fingerprint density at radius 3 is 1.11 bits per heavy atom. The molecular weight excluding hydrogens is 571 g/mol. The van der Waals surface area contributed by atoms with Gasteiger partial charge in [-0.2, -0.15) is 12.1 Å². The Labute approximate surface area is 256 Å². The summed E-state index contributed by atoms with van der Waals surface area (Å²) in [6.45, 7) is 18.8. The van der Waals surface area contributed by atoms with Crippen molar-refractivity contribution in [1.82, 2.24) is 0 Å². The van der Waals surface area contributed by atoms with Gasteiger partial charge in [-0.05, 0) is 24.7 Å². The molecule has 1 aliphatic rings. The minimum atomic E-state index is 0. The molecule has 196 valence electrons. The van der Waals surface area contributed by atoms with E-state index in [-0.39, 0.29) is 51.0 Å². The van der Waals surface area contributed by atoms with Crippen molar-refractivity contribution in [2.75, 3.05) is 0 Å². The van der Waals surface area contributed by atoms with E-state index in [0.29, 0.717) is 23.7 Å². The van der Waals surface area contributed by atoms with Gasteiger partial charge in [0.25, 0.3) is 0 Å². The monoisotopic (exact) mass is 610 g/mol. The summed E-state index contributed by atoms with van der Waals surface area (Å²) >= 11 is 0. The third-order valence-corrected chi connectivity index (χ3v) is 8.42. The van der Waals surface area contributed by atoms with Crippen LogP contribution in [0.4, 0.5) is 0 Å². The number of rotatable bonds is 4. The van der Waals surface area contributed by atoms with Crippen LogP contribution in [0, 0.1) is 0 Å². The van der Waals surface area contributed by atoms with E-state index in [1.807, 2.05) is 0 Å². The van der Waals surface area contributed by atoms with Crippen molar-refractivity contribution in [1.29, 1.82) is 0 Å². The van der Waals surface area contributed by atoms with Gasteiger partial charge in [0.2, 0.25) is 0 Å². The molecule has 0 fully saturated rings. The SMILES string of the molecule is CC(C)c1ccc(C(C)C)c2c1cc1[c-]2CCc2cc3c(C(C)C)ccc(C(C)C)c3[c-]2CC1.[Cl-].[Cl-].[Zr+4]. The molecule has 0 saturated carbocycles. The van der Waals surface area contributed by atoms with Crippen molar-refractivity contribution in [2.45, 2.75) is 105 Å². The van der Waals surface area contributed by atoms with E-state index in [4.69, 9.17) is 0 Å². The van der Waals surface area contributed by atoms with Crippen LogP contribution >= 0.6 is 0 Å². The normalized spacial score (nSPS) is 13.3. The van der Waals surface area contributed by atoms with Gasteiger partial charge in [-0.25, -0.2) is 0 Å². The molecule has 37 heavy (non-hydrogen) atoms. The zero-order valence-electron chi connectivity index (χ0n) is 23.9. The largest absolute Gasteiger partial charge is 4.00 e. The van der Waals surface area contributed by atoms with Crippen molar-refractivity contribution < 1.29 is 51.0 Å². The summed E-state index contributed by atoms with van der Waals surface area (Å²) in [4.78, 5) is 0. The first kappa shape index (κ1) is 32.3. The van der Waals surface area contributed by atoms with Crippen LogP contribution in [-0.2, 0) is 51.9 Å². The van der Waals surface area contributed by atoms with Crippen molar-refractivity contribution in [3.05, 3.63) is 80.9 Å². The average Bonchev–Trinajstić information content (AvgIpc) is 3.30. The zero-order chi connectivity index (χ0) is 24.3. The molecule has 0 amide bonds. The topological polar surface area (TPSA) is 0 Å². The minimum absolute atomic E-state index is 0. The van der Waals surface area contributed by atoms with Crippen LogP contribution in [0.3, 0.4) is 0 Å². The number of hydrogen-bond donors (Lipinski definition) is 0. The van der Waals surface area contributed by atoms with E-state index >= 15 is 0 Å². The van der Waals surface area contributed by atoms with Gasteiger partial charge in [-0.15, -0.1) is 67.1 Å². The van der Waals surface area contributed by atoms with Crippen LogP contribution in [0.2, 0.25) is 0 Å². The zero-order valence-corrected chi connectivity index (χ0v) is 27.8. The molecule has 0 aliphatic heterocycles. The predicted octanol–water partition coefficient (Wildman–Crippen LogP) is 3.81. The number of fused-ring (bicyclic) bond motifs is 6. The van der Waals surface area contributed by atoms with Crippen LogP contribution in [-0.4, -0.2) is 0 Å². The number of hydrogen-bond acceptors (Lipinski definition) is 0. The Hall–Kier alpha value is -0.877. The molecule has 0 saturated heterocycles. The molecule has 1 aliphatic carbocycles. The Balaban J connectivity index is 0.00000160. The molecule has 4 aromatic rings. The molecule has 0 bridgehead atoms. The van der Waals surface area contributed by atoms with Crippen LogP contribution in [0.15, 0.2) is 36.4 Å². The first-order chi connectivity index (χ1) is 16.2. The third-order valence-electron chi connectivity index (χ3n) is 8.42. The summed E-state index contributed by atoms with van der Waals surface area (Å²) in [5.41, 5.74) is 12.6. The van der Waals surface area contributed by atoms with E-state index in [1.165, 1.54) is 21.9 Å². The van der Waals surface area contributed by atoms with Crippen molar-refractivity contribution >= 4 is 21.5 Å². The molecule has 0 unspecified atom stereocenters. The number of aryl methyl sites for hydroxylation is 4. The third kappa shape index (κ3) is 5.58. The summed E-state index contributed by atoms with van der Waals surface area (Å²) in [6, 6.07) is 14.8. The molecule has 0 heterocycles. The molecule has 0 atom stereocenters. The molecule has 0 spiro atoms. The molecule has 0 nitrogen and oxygen atoms in total. The summed E-state index contributed by atoms with van der Waals surface area (Å²) in [5.74, 6) is 2.23. The van der Waals surface area contributed by atoms with E-state index in [9.17, 15) is 0 Å². The van der Waals surface area contributed by atoms with Crippen LogP contribution in [0.5, 0.6) is 0 Å². The quantitative estimate of drug-likeness (QED) is 0.308. The summed E-state index contributed by atoms with van der Waals surface area (Å²) in [5, 5.41) is 6.23. The molecule has 0 radical (unpaired) electrons. The second-order valence-electron chi connectivity index (χ2n) is 12.0. The summed E-state index contributed by atoms with van der Waals surface area (Å²) in [6.07, 6.45) is 4.65. The Bertz CT molecular complexity index is 1260. The van der Waals surface area contributed by atoms with E-state index in [1.54, 1.807) is 44.2 Å². The molecule has 0 aromatic heterocycles. The van der Waals surface area contributed by atoms with Gasteiger partial charge < -0.3 is 24.8 Å². The van der Waals surface area contributed by atoms with Gasteiger partial charge in [0.1, 0.15) is 0 Å². The van der Waals surface area contributed by atoms with Crippen molar-refractivity contribution in [3.63, 3.8) is 0 Å². The van der Waals surface area contributed by atoms with E-state index in [2.05, 4.69) is 91.8 Å². The fourth-order valence-corrected chi connectivity index (χ4v) is 6.64. The van der Waals surface area contributed by atoms with Crippen LogP contribution < -0.4 is 24.8 Å². The van der Waals surface area contributed by atoms with Gasteiger partial charge in [0.15, 0.2) is 0 Å². The van der Waals surface area contributed by atoms with Crippen molar-refractivity contribution in [3.8, 4) is 0 Å². The smallest absolute Gasteiger partial charge is 1.00 e. The van der Waals surface area contributed by atoms with Crippen molar-refractivity contribution in [2.24, 2.45) is 0 Å². The average molecular weight is 613 g/mol. The maximum absolute atomic E-state index is 2.57. The van der Waals surface area contributed by atoms with E-state index < -0.39 is 0 Å². The molecule has 0 N–H and O–H groups in total. The van der Waals surface area contributed by atoms with Gasteiger partial charge in [0.05, 0.1) is 0 Å². The maximum atomic E-state index is 2.57. The second kappa shape index (κ2) is 12.5. The molecule has 5 rings (SSSR count). The minimum Gasteiger partial charge on any atom is -1.00 e. The fourth-order valence-electron chi connectivity index (χ4n) is 6.64. The van der Waals surface area contributed by atoms with Crippen LogP contribution in [0.25, 0.3) is 21.5 Å². The predicted molar refractivity (Wildman–Crippen MR) is 150 cm³/mol. The van der Waals surface area contributed by atoms with Crippen LogP contribution in [0.1, 0.15) is 124 Å². The summed E-state index contributed by atoms with van der Waals surface area (Å²) in [7, 11) is 0. The molecule has 3 heteroatoms. The first-order valence-corrected chi connectivity index (χ1v) is 13.7. The summed E-state index contributed by atoms with van der Waals surface area (Å²) < 4.78 is 0. The number of halogens is 2. The molecule has 4 aromatic carbocycles. The Morgan fingerprint density at radius 2 is 0.811 bits per heavy atom.